The third-order valence-corrected chi connectivity index (χ3v) is 5.13. The van der Waals surface area contributed by atoms with Gasteiger partial charge in [-0.25, -0.2) is 18.1 Å². The molecule has 0 saturated carbocycles. The molecule has 10 heteroatoms. The number of benzene rings is 1. The van der Waals surface area contributed by atoms with E-state index in [0.717, 1.165) is 11.5 Å². The fourth-order valence-corrected chi connectivity index (χ4v) is 3.62. The molecule has 0 aliphatic heterocycles. The zero-order valence-electron chi connectivity index (χ0n) is 15.1. The number of hydrogen-bond donors (Lipinski definition) is 2. The molecule has 2 rings (SSSR count). The molecule has 1 aromatic carbocycles. The molecule has 142 valence electrons. The predicted octanol–water partition coefficient (Wildman–Crippen LogP) is 1.90. The van der Waals surface area contributed by atoms with E-state index < -0.39 is 10.0 Å². The Balaban J connectivity index is 2.01. The lowest BCUT2D eigenvalue weighted by Gasteiger charge is -2.14. The Morgan fingerprint density at radius 2 is 1.92 bits per heavy atom. The summed E-state index contributed by atoms with van der Waals surface area (Å²) < 4.78 is 32.5. The Hall–Kier alpha value is -2.10. The van der Waals surface area contributed by atoms with Crippen molar-refractivity contribution in [2.45, 2.75) is 11.8 Å². The fourth-order valence-electron chi connectivity index (χ4n) is 2.16. The zero-order chi connectivity index (χ0) is 19.3. The van der Waals surface area contributed by atoms with Crippen LogP contribution < -0.4 is 19.7 Å². The summed E-state index contributed by atoms with van der Waals surface area (Å²) in [7, 11) is 1.42. The van der Waals surface area contributed by atoms with Crippen LogP contribution in [0.25, 0.3) is 0 Å². The maximum atomic E-state index is 12.5. The average Bonchev–Trinajstić information content (AvgIpc) is 2.58. The predicted molar refractivity (Wildman–Crippen MR) is 103 cm³/mol. The van der Waals surface area contributed by atoms with Crippen molar-refractivity contribution in [3.8, 4) is 5.75 Å². The first kappa shape index (κ1) is 20.2. The zero-order valence-corrected chi connectivity index (χ0v) is 16.6. The molecule has 0 spiro atoms. The number of sulfonamides is 1. The number of halogens is 1. The van der Waals surface area contributed by atoms with E-state index in [1.807, 2.05) is 32.0 Å². The van der Waals surface area contributed by atoms with Gasteiger partial charge in [-0.3, -0.25) is 0 Å². The van der Waals surface area contributed by atoms with Crippen LogP contribution in [0.3, 0.4) is 0 Å². The van der Waals surface area contributed by atoms with Gasteiger partial charge in [0, 0.05) is 44.0 Å². The summed E-state index contributed by atoms with van der Waals surface area (Å²) in [6.45, 7) is 2.33. The maximum Gasteiger partial charge on any atom is 0.244 e. The first-order chi connectivity index (χ1) is 12.2. The number of aromatic nitrogens is 2. The summed E-state index contributed by atoms with van der Waals surface area (Å²) in [5.41, 5.74) is 0.815. The minimum atomic E-state index is -3.76. The number of methoxy groups -OCH3 is 1. The van der Waals surface area contributed by atoms with E-state index in [0.29, 0.717) is 17.5 Å². The SMILES string of the molecule is COc1ccc(Cl)cc1S(=O)(=O)NCCNc1nc(C)cc(N(C)C)n1. The van der Waals surface area contributed by atoms with Crippen molar-refractivity contribution >= 4 is 33.4 Å². The van der Waals surface area contributed by atoms with Crippen LogP contribution in [0.2, 0.25) is 5.02 Å². The molecule has 8 nitrogen and oxygen atoms in total. The number of nitrogens with one attached hydrogen (secondary N) is 2. The quantitative estimate of drug-likeness (QED) is 0.654. The van der Waals surface area contributed by atoms with Crippen LogP contribution in [0.5, 0.6) is 5.75 Å². The largest absolute Gasteiger partial charge is 0.495 e. The molecule has 2 N–H and O–H groups in total. The van der Waals surface area contributed by atoms with E-state index in [-0.39, 0.29) is 17.2 Å². The van der Waals surface area contributed by atoms with Gasteiger partial charge in [-0.2, -0.15) is 4.98 Å². The number of ether oxygens (including phenoxy) is 1. The molecule has 1 heterocycles. The van der Waals surface area contributed by atoms with E-state index >= 15 is 0 Å². The molecular weight excluding hydrogens is 378 g/mol. The van der Waals surface area contributed by atoms with Crippen molar-refractivity contribution in [3.05, 3.63) is 35.0 Å². The van der Waals surface area contributed by atoms with Crippen LogP contribution in [0.4, 0.5) is 11.8 Å². The number of aryl methyl sites for hydroxylation is 1. The minimum Gasteiger partial charge on any atom is -0.495 e. The van der Waals surface area contributed by atoms with E-state index in [1.165, 1.54) is 19.2 Å². The highest BCUT2D eigenvalue weighted by Crippen LogP contribution is 2.26. The molecule has 0 unspecified atom stereocenters. The van der Waals surface area contributed by atoms with Gasteiger partial charge in [-0.1, -0.05) is 11.6 Å². The third-order valence-electron chi connectivity index (χ3n) is 3.41. The first-order valence-corrected chi connectivity index (χ1v) is 9.69. The van der Waals surface area contributed by atoms with E-state index in [1.54, 1.807) is 6.07 Å². The van der Waals surface area contributed by atoms with Crippen molar-refractivity contribution < 1.29 is 13.2 Å². The van der Waals surface area contributed by atoms with Crippen LogP contribution in [0.15, 0.2) is 29.2 Å². The second-order valence-electron chi connectivity index (χ2n) is 5.71. The second-order valence-corrected chi connectivity index (χ2v) is 7.88. The molecule has 0 amide bonds. The van der Waals surface area contributed by atoms with Gasteiger partial charge in [-0.15, -0.1) is 0 Å². The highest BCUT2D eigenvalue weighted by Gasteiger charge is 2.19. The van der Waals surface area contributed by atoms with Crippen molar-refractivity contribution in [3.63, 3.8) is 0 Å². The molecule has 0 bridgehead atoms. The highest BCUT2D eigenvalue weighted by molar-refractivity contribution is 7.89. The number of hydrogen-bond acceptors (Lipinski definition) is 7. The third kappa shape index (κ3) is 5.20. The molecule has 26 heavy (non-hydrogen) atoms. The lowest BCUT2D eigenvalue weighted by atomic mass is 10.3. The van der Waals surface area contributed by atoms with Crippen molar-refractivity contribution in [2.24, 2.45) is 0 Å². The fraction of sp³-hybridized carbons (Fsp3) is 0.375. The molecule has 0 radical (unpaired) electrons. The molecule has 0 aliphatic carbocycles. The second kappa shape index (κ2) is 8.52. The van der Waals surface area contributed by atoms with Crippen LogP contribution in [-0.2, 0) is 10.0 Å². The Labute approximate surface area is 158 Å². The van der Waals surface area contributed by atoms with Crippen LogP contribution >= 0.6 is 11.6 Å². The van der Waals surface area contributed by atoms with Gasteiger partial charge in [0.2, 0.25) is 16.0 Å². The molecule has 0 atom stereocenters. The van der Waals surface area contributed by atoms with Crippen molar-refractivity contribution in [2.75, 3.05) is 44.5 Å². The molecular formula is C16H22ClN5O3S. The Kier molecular flexibility index (Phi) is 6.63. The van der Waals surface area contributed by atoms with Gasteiger partial charge >= 0.3 is 0 Å². The smallest absolute Gasteiger partial charge is 0.244 e. The maximum absolute atomic E-state index is 12.5. The minimum absolute atomic E-state index is 0.00537. The van der Waals surface area contributed by atoms with Gasteiger partial charge in [0.25, 0.3) is 0 Å². The van der Waals surface area contributed by atoms with E-state index in [2.05, 4.69) is 20.0 Å². The number of anilines is 2. The Morgan fingerprint density at radius 3 is 2.58 bits per heavy atom. The topological polar surface area (TPSA) is 96.5 Å². The highest BCUT2D eigenvalue weighted by atomic mass is 35.5. The standard InChI is InChI=1S/C16H22ClN5O3S/c1-11-9-15(22(2)3)21-16(20-11)18-7-8-19-26(23,24)14-10-12(17)5-6-13(14)25-4/h5-6,9-10,19H,7-8H2,1-4H3,(H,18,20,21). The summed E-state index contributed by atoms with van der Waals surface area (Å²) in [6, 6.07) is 6.29. The summed E-state index contributed by atoms with van der Waals surface area (Å²) in [5.74, 6) is 1.44. The van der Waals surface area contributed by atoms with Gasteiger partial charge in [0.05, 0.1) is 7.11 Å². The van der Waals surface area contributed by atoms with Gasteiger partial charge in [-0.05, 0) is 25.1 Å². The summed E-state index contributed by atoms with van der Waals surface area (Å²) >= 11 is 5.90. The molecule has 0 saturated heterocycles. The molecule has 1 aromatic heterocycles. The summed E-state index contributed by atoms with van der Waals surface area (Å²) in [6.07, 6.45) is 0. The molecule has 2 aromatic rings. The van der Waals surface area contributed by atoms with E-state index in [9.17, 15) is 8.42 Å². The Morgan fingerprint density at radius 1 is 1.19 bits per heavy atom. The Bertz CT molecular complexity index is 874. The lowest BCUT2D eigenvalue weighted by molar-refractivity contribution is 0.402. The number of nitrogens with zero attached hydrogens (tertiary/aromatic N) is 3. The van der Waals surface area contributed by atoms with Gasteiger partial charge in [0.1, 0.15) is 16.5 Å². The monoisotopic (exact) mass is 399 g/mol. The summed E-state index contributed by atoms with van der Waals surface area (Å²) in [4.78, 5) is 10.5. The van der Waals surface area contributed by atoms with Gasteiger partial charge < -0.3 is 15.0 Å². The van der Waals surface area contributed by atoms with Crippen LogP contribution in [0.1, 0.15) is 5.69 Å². The molecule has 0 fully saturated rings. The van der Waals surface area contributed by atoms with Gasteiger partial charge in [0.15, 0.2) is 0 Å². The lowest BCUT2D eigenvalue weighted by Crippen LogP contribution is -2.29. The van der Waals surface area contributed by atoms with Crippen molar-refractivity contribution in [1.29, 1.82) is 0 Å². The molecule has 0 aliphatic rings. The van der Waals surface area contributed by atoms with Crippen LogP contribution in [-0.4, -0.2) is 52.7 Å². The van der Waals surface area contributed by atoms with Crippen molar-refractivity contribution in [1.82, 2.24) is 14.7 Å². The van der Waals surface area contributed by atoms with E-state index in [4.69, 9.17) is 16.3 Å². The average molecular weight is 400 g/mol. The summed E-state index contributed by atoms with van der Waals surface area (Å²) in [5, 5.41) is 3.33. The normalized spacial score (nSPS) is 11.3. The first-order valence-electron chi connectivity index (χ1n) is 7.83. The van der Waals surface area contributed by atoms with Crippen LogP contribution in [0, 0.1) is 6.92 Å². The number of rotatable bonds is 8.